The predicted octanol–water partition coefficient (Wildman–Crippen LogP) is 1.49. The van der Waals surface area contributed by atoms with Gasteiger partial charge in [-0.2, -0.15) is 5.26 Å². The van der Waals surface area contributed by atoms with Crippen molar-refractivity contribution >= 4 is 15.8 Å². The van der Waals surface area contributed by atoms with E-state index in [0.29, 0.717) is 36.8 Å². The third kappa shape index (κ3) is 3.89. The van der Waals surface area contributed by atoms with Crippen molar-refractivity contribution in [3.63, 3.8) is 0 Å². The first-order chi connectivity index (χ1) is 9.50. The van der Waals surface area contributed by atoms with Crippen molar-refractivity contribution < 1.29 is 13.2 Å². The lowest BCUT2D eigenvalue weighted by Gasteiger charge is -2.22. The number of nitrogens with one attached hydrogen (secondary N) is 1. The quantitative estimate of drug-likeness (QED) is 0.910. The maximum atomic E-state index is 12.1. The number of hydrogen-bond donors (Lipinski definition) is 1. The molecule has 1 aromatic carbocycles. The van der Waals surface area contributed by atoms with Crippen molar-refractivity contribution in [3.05, 3.63) is 35.4 Å². The molecule has 6 heteroatoms. The summed E-state index contributed by atoms with van der Waals surface area (Å²) in [7, 11) is -3.50. The summed E-state index contributed by atoms with van der Waals surface area (Å²) in [6.07, 6.45) is 1.97. The molecule has 0 radical (unpaired) electrons. The molecule has 1 aromatic rings. The summed E-state index contributed by atoms with van der Waals surface area (Å²) in [6.45, 7) is 0. The number of sulfonamides is 1. The topological polar surface area (TPSA) is 87.0 Å². The number of carbonyl (C=O) groups excluding carboxylic acids is 1. The standard InChI is InChI=1S/C14H16N2O3S/c15-9-11-3-1-2-4-12(11)10-20(18,19)16-13-5-7-14(17)8-6-13/h1-4,13,16H,5-8,10H2. The molecular weight excluding hydrogens is 276 g/mol. The van der Waals surface area contributed by atoms with Gasteiger partial charge in [0.1, 0.15) is 5.78 Å². The van der Waals surface area contributed by atoms with Gasteiger partial charge < -0.3 is 0 Å². The minimum Gasteiger partial charge on any atom is -0.300 e. The molecule has 1 saturated carbocycles. The van der Waals surface area contributed by atoms with Crippen LogP contribution >= 0.6 is 0 Å². The number of carbonyl (C=O) groups is 1. The van der Waals surface area contributed by atoms with E-state index in [4.69, 9.17) is 5.26 Å². The van der Waals surface area contributed by atoms with E-state index < -0.39 is 10.0 Å². The van der Waals surface area contributed by atoms with Gasteiger partial charge in [-0.3, -0.25) is 4.79 Å². The molecule has 20 heavy (non-hydrogen) atoms. The van der Waals surface area contributed by atoms with Crippen LogP contribution in [0.15, 0.2) is 24.3 Å². The molecule has 0 saturated heterocycles. The lowest BCUT2D eigenvalue weighted by atomic mass is 9.95. The Morgan fingerprint density at radius 2 is 1.90 bits per heavy atom. The van der Waals surface area contributed by atoms with Crippen LogP contribution in [0.3, 0.4) is 0 Å². The Hall–Kier alpha value is -1.71. The van der Waals surface area contributed by atoms with E-state index in [1.165, 1.54) is 0 Å². The van der Waals surface area contributed by atoms with Crippen molar-refractivity contribution in [1.82, 2.24) is 4.72 Å². The Bertz CT molecular complexity index is 637. The second-order valence-corrected chi connectivity index (χ2v) is 6.71. The van der Waals surface area contributed by atoms with Crippen LogP contribution in [-0.2, 0) is 20.6 Å². The normalized spacial score (nSPS) is 16.9. The van der Waals surface area contributed by atoms with Crippen molar-refractivity contribution in [3.8, 4) is 6.07 Å². The van der Waals surface area contributed by atoms with Gasteiger partial charge in [0.15, 0.2) is 0 Å². The molecule has 0 spiro atoms. The van der Waals surface area contributed by atoms with E-state index in [2.05, 4.69) is 4.72 Å². The van der Waals surface area contributed by atoms with Crippen LogP contribution in [0, 0.1) is 11.3 Å². The molecule has 2 rings (SSSR count). The Labute approximate surface area is 118 Å². The van der Waals surface area contributed by atoms with E-state index >= 15 is 0 Å². The summed E-state index contributed by atoms with van der Waals surface area (Å²) in [4.78, 5) is 11.1. The van der Waals surface area contributed by atoms with Crippen LogP contribution in [0.2, 0.25) is 0 Å². The van der Waals surface area contributed by atoms with Gasteiger partial charge >= 0.3 is 0 Å². The largest absolute Gasteiger partial charge is 0.300 e. The molecule has 0 atom stereocenters. The smallest absolute Gasteiger partial charge is 0.216 e. The summed E-state index contributed by atoms with van der Waals surface area (Å²) in [5.41, 5.74) is 0.867. The van der Waals surface area contributed by atoms with Crippen LogP contribution in [0.5, 0.6) is 0 Å². The van der Waals surface area contributed by atoms with Gasteiger partial charge in [-0.25, -0.2) is 13.1 Å². The second kappa shape index (κ2) is 6.16. The Morgan fingerprint density at radius 1 is 1.25 bits per heavy atom. The van der Waals surface area contributed by atoms with Crippen molar-refractivity contribution in [2.24, 2.45) is 0 Å². The van der Waals surface area contributed by atoms with Gasteiger partial charge in [0.2, 0.25) is 10.0 Å². The van der Waals surface area contributed by atoms with Gasteiger partial charge in [0.05, 0.1) is 17.4 Å². The van der Waals surface area contributed by atoms with Gasteiger partial charge in [0, 0.05) is 18.9 Å². The van der Waals surface area contributed by atoms with Gasteiger partial charge in [-0.05, 0) is 24.5 Å². The summed E-state index contributed by atoms with van der Waals surface area (Å²) < 4.78 is 26.9. The molecule has 106 valence electrons. The molecule has 1 aliphatic carbocycles. The first-order valence-corrected chi connectivity index (χ1v) is 8.15. The zero-order valence-corrected chi connectivity index (χ0v) is 11.8. The fourth-order valence-corrected chi connectivity index (χ4v) is 3.80. The third-order valence-corrected chi connectivity index (χ3v) is 4.76. The number of nitriles is 1. The molecule has 1 aliphatic rings. The molecule has 0 heterocycles. The number of benzene rings is 1. The van der Waals surface area contributed by atoms with Crippen LogP contribution in [0.1, 0.15) is 36.8 Å². The number of nitrogens with zero attached hydrogens (tertiary/aromatic N) is 1. The minimum absolute atomic E-state index is 0.174. The van der Waals surface area contributed by atoms with Gasteiger partial charge in [-0.15, -0.1) is 0 Å². The van der Waals surface area contributed by atoms with E-state index in [-0.39, 0.29) is 17.6 Å². The lowest BCUT2D eigenvalue weighted by molar-refractivity contribution is -0.120. The second-order valence-electron chi connectivity index (χ2n) is 4.96. The molecular formula is C14H16N2O3S. The van der Waals surface area contributed by atoms with Crippen LogP contribution < -0.4 is 4.72 Å². The van der Waals surface area contributed by atoms with Crippen LogP contribution in [0.25, 0.3) is 0 Å². The molecule has 0 unspecified atom stereocenters. The van der Waals surface area contributed by atoms with Crippen molar-refractivity contribution in [2.75, 3.05) is 0 Å². The monoisotopic (exact) mass is 292 g/mol. The Kier molecular flexibility index (Phi) is 4.53. The highest BCUT2D eigenvalue weighted by atomic mass is 32.2. The highest BCUT2D eigenvalue weighted by molar-refractivity contribution is 7.88. The summed E-state index contributed by atoms with van der Waals surface area (Å²) in [5, 5.41) is 8.96. The molecule has 5 nitrogen and oxygen atoms in total. The highest BCUT2D eigenvalue weighted by Crippen LogP contribution is 2.17. The minimum atomic E-state index is -3.50. The highest BCUT2D eigenvalue weighted by Gasteiger charge is 2.24. The lowest BCUT2D eigenvalue weighted by Crippen LogP contribution is -2.38. The number of hydrogen-bond acceptors (Lipinski definition) is 4. The van der Waals surface area contributed by atoms with Crippen LogP contribution in [0.4, 0.5) is 0 Å². The molecule has 0 bridgehead atoms. The molecule has 1 fully saturated rings. The van der Waals surface area contributed by atoms with E-state index in [0.717, 1.165) is 0 Å². The van der Waals surface area contributed by atoms with E-state index in [1.54, 1.807) is 24.3 Å². The SMILES string of the molecule is N#Cc1ccccc1CS(=O)(=O)NC1CCC(=O)CC1. The maximum absolute atomic E-state index is 12.1. The number of Topliss-reactive ketones (excluding diaryl/α,β-unsaturated/α-hetero) is 1. The molecule has 0 amide bonds. The third-order valence-electron chi connectivity index (χ3n) is 3.37. The first-order valence-electron chi connectivity index (χ1n) is 6.50. The molecule has 0 aliphatic heterocycles. The molecule has 0 aromatic heterocycles. The number of rotatable bonds is 4. The summed E-state index contributed by atoms with van der Waals surface area (Å²) in [6, 6.07) is 8.48. The van der Waals surface area contributed by atoms with Crippen molar-refractivity contribution in [1.29, 1.82) is 5.26 Å². The Balaban J connectivity index is 2.04. The van der Waals surface area contributed by atoms with E-state index in [9.17, 15) is 13.2 Å². The number of ketones is 1. The summed E-state index contributed by atoms with van der Waals surface area (Å²) in [5.74, 6) is -0.0171. The zero-order chi connectivity index (χ0) is 14.6. The predicted molar refractivity (Wildman–Crippen MR) is 74.2 cm³/mol. The zero-order valence-electron chi connectivity index (χ0n) is 11.0. The fraction of sp³-hybridized carbons (Fsp3) is 0.429. The van der Waals surface area contributed by atoms with Crippen LogP contribution in [-0.4, -0.2) is 20.2 Å². The van der Waals surface area contributed by atoms with Gasteiger partial charge in [0.25, 0.3) is 0 Å². The van der Waals surface area contributed by atoms with E-state index in [1.807, 2.05) is 6.07 Å². The first kappa shape index (κ1) is 14.7. The van der Waals surface area contributed by atoms with Gasteiger partial charge in [-0.1, -0.05) is 18.2 Å². The Morgan fingerprint density at radius 3 is 2.55 bits per heavy atom. The summed E-state index contributed by atoms with van der Waals surface area (Å²) >= 11 is 0. The van der Waals surface area contributed by atoms with Crippen molar-refractivity contribution in [2.45, 2.75) is 37.5 Å². The average Bonchev–Trinajstić information content (AvgIpc) is 2.41. The average molecular weight is 292 g/mol. The fourth-order valence-electron chi connectivity index (χ4n) is 2.31. The maximum Gasteiger partial charge on any atom is 0.216 e. The molecule has 1 N–H and O–H groups in total.